The van der Waals surface area contributed by atoms with Crippen LogP contribution in [0.3, 0.4) is 0 Å². The summed E-state index contributed by atoms with van der Waals surface area (Å²) in [4.78, 5) is 3.73. The number of hydrogen-bond donors (Lipinski definition) is 1. The lowest BCUT2D eigenvalue weighted by Crippen LogP contribution is -1.93. The maximum absolute atomic E-state index is 6.26. The van der Waals surface area contributed by atoms with E-state index in [0.29, 0.717) is 5.02 Å². The molecule has 0 radical (unpaired) electrons. The summed E-state index contributed by atoms with van der Waals surface area (Å²) in [5.74, 6) is 2.39. The first-order chi connectivity index (χ1) is 16.1. The van der Waals surface area contributed by atoms with Crippen LogP contribution in [0.4, 0.5) is 0 Å². The van der Waals surface area contributed by atoms with Gasteiger partial charge in [0.05, 0.1) is 32.7 Å². The lowest BCUT2D eigenvalue weighted by Gasteiger charge is -2.12. The Labute approximate surface area is 200 Å². The van der Waals surface area contributed by atoms with Crippen LogP contribution in [-0.2, 0) is 6.42 Å². The van der Waals surface area contributed by atoms with Gasteiger partial charge in [-0.05, 0) is 77.7 Å². The van der Waals surface area contributed by atoms with Gasteiger partial charge in [0.1, 0.15) is 17.2 Å². The molecule has 0 aliphatic carbocycles. The molecule has 0 atom stereocenters. The van der Waals surface area contributed by atoms with E-state index in [2.05, 4.69) is 36.2 Å². The zero-order valence-electron chi connectivity index (χ0n) is 19.4. The molecule has 170 valence electrons. The largest absolute Gasteiger partial charge is 0.497 e. The first-order valence-corrected chi connectivity index (χ1v) is 11.3. The summed E-state index contributed by atoms with van der Waals surface area (Å²) >= 11 is 6.26. The molecule has 0 saturated carbocycles. The van der Waals surface area contributed by atoms with Gasteiger partial charge >= 0.3 is 0 Å². The Morgan fingerprint density at radius 2 is 1.33 bits per heavy atom. The van der Waals surface area contributed by atoms with Crippen LogP contribution in [-0.4, -0.2) is 26.3 Å². The van der Waals surface area contributed by atoms with Gasteiger partial charge in [-0.3, -0.25) is 0 Å². The Morgan fingerprint density at radius 3 is 1.88 bits per heavy atom. The number of H-pyrrole nitrogens is 1. The van der Waals surface area contributed by atoms with Gasteiger partial charge < -0.3 is 19.2 Å². The summed E-state index contributed by atoms with van der Waals surface area (Å²) in [6.45, 7) is 2.20. The zero-order valence-corrected chi connectivity index (χ0v) is 20.1. The van der Waals surface area contributed by atoms with Crippen LogP contribution in [0.25, 0.3) is 33.6 Å². The fraction of sp³-hybridized carbons (Fsp3) is 0.214. The molecule has 1 N–H and O–H groups in total. The average Bonchev–Trinajstić information content (AvgIpc) is 3.23. The minimum Gasteiger partial charge on any atom is -0.497 e. The summed E-state index contributed by atoms with van der Waals surface area (Å²) in [6, 6.07) is 22.1. The topological polar surface area (TPSA) is 43.5 Å². The SMILES string of the molecule is CCCc1c(-c2ccc(Cl)cc2OC)[nH]c(-c2ccc(OC)cc2)c1-c1ccc(OC)cc1. The quantitative estimate of drug-likeness (QED) is 0.293. The molecule has 33 heavy (non-hydrogen) atoms. The van der Waals surface area contributed by atoms with Crippen LogP contribution < -0.4 is 14.2 Å². The van der Waals surface area contributed by atoms with Crippen LogP contribution in [0.15, 0.2) is 66.7 Å². The monoisotopic (exact) mass is 461 g/mol. The molecule has 0 unspecified atom stereocenters. The highest BCUT2D eigenvalue weighted by Gasteiger charge is 2.22. The maximum atomic E-state index is 6.26. The van der Waals surface area contributed by atoms with Gasteiger partial charge in [0.25, 0.3) is 0 Å². The highest BCUT2D eigenvalue weighted by atomic mass is 35.5. The summed E-state index contributed by atoms with van der Waals surface area (Å²) < 4.78 is 16.5. The minimum absolute atomic E-state index is 0.643. The molecule has 0 fully saturated rings. The number of halogens is 1. The van der Waals surface area contributed by atoms with Gasteiger partial charge in [-0.15, -0.1) is 0 Å². The lowest BCUT2D eigenvalue weighted by molar-refractivity contribution is 0.414. The van der Waals surface area contributed by atoms with Crippen molar-refractivity contribution in [2.24, 2.45) is 0 Å². The molecule has 5 heteroatoms. The molecule has 0 saturated heterocycles. The van der Waals surface area contributed by atoms with Gasteiger partial charge in [0.2, 0.25) is 0 Å². The number of methoxy groups -OCH3 is 3. The number of ether oxygens (including phenoxy) is 3. The predicted molar refractivity (Wildman–Crippen MR) is 136 cm³/mol. The van der Waals surface area contributed by atoms with E-state index in [1.165, 1.54) is 11.1 Å². The Bertz CT molecular complexity index is 1230. The van der Waals surface area contributed by atoms with E-state index in [9.17, 15) is 0 Å². The fourth-order valence-corrected chi connectivity index (χ4v) is 4.35. The number of benzene rings is 3. The van der Waals surface area contributed by atoms with Crippen molar-refractivity contribution in [2.75, 3.05) is 21.3 Å². The second-order valence-electron chi connectivity index (χ2n) is 7.78. The van der Waals surface area contributed by atoms with Crippen LogP contribution in [0.2, 0.25) is 5.02 Å². The standard InChI is InChI=1S/C28H28ClNO3/c1-5-6-24-26(18-7-12-21(31-2)13-8-18)27(19-9-14-22(32-3)15-10-19)30-28(24)23-16-11-20(29)17-25(23)33-4/h7-17,30H,5-6H2,1-4H3. The summed E-state index contributed by atoms with van der Waals surface area (Å²) in [5, 5.41) is 0.643. The molecule has 4 rings (SSSR count). The summed E-state index contributed by atoms with van der Waals surface area (Å²) in [5.41, 5.74) is 7.71. The normalized spacial score (nSPS) is 10.8. The molecule has 0 aliphatic rings. The van der Waals surface area contributed by atoms with Gasteiger partial charge in [0.15, 0.2) is 0 Å². The lowest BCUT2D eigenvalue weighted by atomic mass is 9.93. The van der Waals surface area contributed by atoms with E-state index in [0.717, 1.165) is 58.2 Å². The van der Waals surface area contributed by atoms with Crippen LogP contribution in [0, 0.1) is 0 Å². The number of hydrogen-bond acceptors (Lipinski definition) is 3. The van der Waals surface area contributed by atoms with E-state index in [1.807, 2.05) is 42.5 Å². The third-order valence-electron chi connectivity index (χ3n) is 5.79. The highest BCUT2D eigenvalue weighted by molar-refractivity contribution is 6.30. The summed E-state index contributed by atoms with van der Waals surface area (Å²) in [7, 11) is 5.03. The van der Waals surface area contributed by atoms with Crippen molar-refractivity contribution in [1.29, 1.82) is 0 Å². The molecular formula is C28H28ClNO3. The average molecular weight is 462 g/mol. The van der Waals surface area contributed by atoms with Gasteiger partial charge in [0, 0.05) is 16.1 Å². The van der Waals surface area contributed by atoms with Crippen LogP contribution >= 0.6 is 11.6 Å². The van der Waals surface area contributed by atoms with E-state index in [1.54, 1.807) is 21.3 Å². The molecular weight excluding hydrogens is 434 g/mol. The molecule has 4 aromatic rings. The van der Waals surface area contributed by atoms with Gasteiger partial charge in [-0.2, -0.15) is 0 Å². The molecule has 1 aromatic heterocycles. The number of aromatic amines is 1. The summed E-state index contributed by atoms with van der Waals surface area (Å²) in [6.07, 6.45) is 1.92. The zero-order chi connectivity index (χ0) is 23.4. The predicted octanol–water partition coefficient (Wildman–Crippen LogP) is 7.65. The third-order valence-corrected chi connectivity index (χ3v) is 6.03. The second kappa shape index (κ2) is 10.1. The second-order valence-corrected chi connectivity index (χ2v) is 8.22. The Balaban J connectivity index is 2.00. The van der Waals surface area contributed by atoms with Crippen LogP contribution in [0.5, 0.6) is 17.2 Å². The molecule has 0 amide bonds. The molecule has 0 aliphatic heterocycles. The smallest absolute Gasteiger partial charge is 0.129 e. The Morgan fingerprint density at radius 1 is 0.727 bits per heavy atom. The number of nitrogens with one attached hydrogen (secondary N) is 1. The highest BCUT2D eigenvalue weighted by Crippen LogP contribution is 2.44. The van der Waals surface area contributed by atoms with E-state index in [4.69, 9.17) is 25.8 Å². The van der Waals surface area contributed by atoms with E-state index in [-0.39, 0.29) is 0 Å². The van der Waals surface area contributed by atoms with Gasteiger partial charge in [-0.25, -0.2) is 0 Å². The number of rotatable bonds is 8. The molecule has 4 nitrogen and oxygen atoms in total. The number of aromatic nitrogens is 1. The third kappa shape index (κ3) is 4.57. The molecule has 0 bridgehead atoms. The maximum Gasteiger partial charge on any atom is 0.129 e. The molecule has 1 heterocycles. The van der Waals surface area contributed by atoms with Crippen LogP contribution in [0.1, 0.15) is 18.9 Å². The van der Waals surface area contributed by atoms with Crippen molar-refractivity contribution in [3.05, 3.63) is 77.3 Å². The van der Waals surface area contributed by atoms with E-state index < -0.39 is 0 Å². The van der Waals surface area contributed by atoms with Crippen molar-refractivity contribution >= 4 is 11.6 Å². The van der Waals surface area contributed by atoms with Crippen molar-refractivity contribution < 1.29 is 14.2 Å². The first kappa shape index (κ1) is 22.8. The van der Waals surface area contributed by atoms with Crippen molar-refractivity contribution in [3.8, 4) is 50.9 Å². The Hall–Kier alpha value is -3.37. The van der Waals surface area contributed by atoms with Gasteiger partial charge in [-0.1, -0.05) is 37.1 Å². The minimum atomic E-state index is 0.643. The van der Waals surface area contributed by atoms with E-state index >= 15 is 0 Å². The fourth-order valence-electron chi connectivity index (χ4n) is 4.19. The molecule has 0 spiro atoms. The van der Waals surface area contributed by atoms with Crippen molar-refractivity contribution in [1.82, 2.24) is 4.98 Å². The molecule has 3 aromatic carbocycles. The Kier molecular flexibility index (Phi) is 6.95. The van der Waals surface area contributed by atoms with Crippen molar-refractivity contribution in [3.63, 3.8) is 0 Å². The first-order valence-electron chi connectivity index (χ1n) is 11.0. The van der Waals surface area contributed by atoms with Crippen molar-refractivity contribution in [2.45, 2.75) is 19.8 Å².